The van der Waals surface area contributed by atoms with Gasteiger partial charge in [0.15, 0.2) is 23.9 Å². The lowest BCUT2D eigenvalue weighted by Crippen LogP contribution is -2.15. The van der Waals surface area contributed by atoms with Gasteiger partial charge in [-0.25, -0.2) is 4.79 Å². The Balaban J connectivity index is 1.59. The van der Waals surface area contributed by atoms with Crippen LogP contribution in [0.2, 0.25) is 0 Å². The van der Waals surface area contributed by atoms with E-state index in [0.29, 0.717) is 24.7 Å². The summed E-state index contributed by atoms with van der Waals surface area (Å²) >= 11 is 0. The Morgan fingerprint density at radius 1 is 1.12 bits per heavy atom. The Hall–Kier alpha value is -3.36. The highest BCUT2D eigenvalue weighted by atomic mass is 16.6. The lowest BCUT2D eigenvalue weighted by Gasteiger charge is -2.18. The van der Waals surface area contributed by atoms with Gasteiger partial charge in [0.1, 0.15) is 13.2 Å². The quantitative estimate of drug-likeness (QED) is 0.609. The van der Waals surface area contributed by atoms with E-state index in [2.05, 4.69) is 15.0 Å². The predicted molar refractivity (Wildman–Crippen MR) is 84.9 cm³/mol. The smallest absolute Gasteiger partial charge is 0.331 e. The molecular formula is C15H15N5O4. The molecule has 0 bridgehead atoms. The third kappa shape index (κ3) is 3.88. The normalized spacial score (nSPS) is 13.0. The zero-order valence-corrected chi connectivity index (χ0v) is 12.6. The number of rotatable bonds is 4. The molecule has 0 saturated heterocycles. The fraction of sp³-hybridized carbons (Fsp3) is 0.200. The van der Waals surface area contributed by atoms with Gasteiger partial charge in [0, 0.05) is 6.08 Å². The molecule has 9 nitrogen and oxygen atoms in total. The lowest BCUT2D eigenvalue weighted by atomic mass is 10.2. The number of nitrogens with zero attached hydrogens (tertiary/aromatic N) is 3. The van der Waals surface area contributed by atoms with E-state index in [4.69, 9.17) is 25.7 Å². The molecule has 3 rings (SSSR count). The van der Waals surface area contributed by atoms with Gasteiger partial charge in [-0.05, 0) is 23.8 Å². The first-order valence-electron chi connectivity index (χ1n) is 7.10. The van der Waals surface area contributed by atoms with Gasteiger partial charge in [0.25, 0.3) is 0 Å². The van der Waals surface area contributed by atoms with Crippen LogP contribution >= 0.6 is 0 Å². The highest BCUT2D eigenvalue weighted by molar-refractivity contribution is 5.87. The number of fused-ring (bicyclic) bond motifs is 1. The maximum absolute atomic E-state index is 11.7. The molecule has 2 aromatic rings. The minimum absolute atomic E-state index is 0.0274. The number of benzene rings is 1. The standard InChI is InChI=1S/C15H15N5O4/c16-14-18-12(19-15(17)20-14)8-24-13(21)4-2-9-1-3-10-11(7-9)23-6-5-22-10/h1-4,7H,5-6,8H2,(H4,16,17,18,19,20)/b4-2+. The van der Waals surface area contributed by atoms with Crippen LogP contribution in [0.4, 0.5) is 11.9 Å². The number of hydrogen-bond acceptors (Lipinski definition) is 9. The summed E-state index contributed by atoms with van der Waals surface area (Å²) in [6.45, 7) is 0.877. The van der Waals surface area contributed by atoms with E-state index in [-0.39, 0.29) is 24.3 Å². The maximum atomic E-state index is 11.7. The molecule has 1 aliphatic heterocycles. The van der Waals surface area contributed by atoms with E-state index < -0.39 is 5.97 Å². The molecule has 0 unspecified atom stereocenters. The first kappa shape index (κ1) is 15.5. The van der Waals surface area contributed by atoms with Crippen molar-refractivity contribution in [1.82, 2.24) is 15.0 Å². The van der Waals surface area contributed by atoms with Gasteiger partial charge in [-0.15, -0.1) is 0 Å². The minimum atomic E-state index is -0.553. The number of aromatic nitrogens is 3. The van der Waals surface area contributed by atoms with Crippen molar-refractivity contribution < 1.29 is 19.0 Å². The lowest BCUT2D eigenvalue weighted by molar-refractivity contribution is -0.139. The van der Waals surface area contributed by atoms with Gasteiger partial charge in [-0.3, -0.25) is 0 Å². The van der Waals surface area contributed by atoms with E-state index >= 15 is 0 Å². The Kier molecular flexibility index (Phi) is 4.41. The molecule has 0 radical (unpaired) electrons. The number of carbonyl (C=O) groups is 1. The van der Waals surface area contributed by atoms with Gasteiger partial charge < -0.3 is 25.7 Å². The number of ether oxygens (including phenoxy) is 3. The van der Waals surface area contributed by atoms with Gasteiger partial charge >= 0.3 is 5.97 Å². The largest absolute Gasteiger partial charge is 0.486 e. The average molecular weight is 329 g/mol. The minimum Gasteiger partial charge on any atom is -0.486 e. The van der Waals surface area contributed by atoms with Crippen LogP contribution in [-0.2, 0) is 16.1 Å². The third-order valence-corrected chi connectivity index (χ3v) is 3.04. The van der Waals surface area contributed by atoms with Crippen molar-refractivity contribution in [3.8, 4) is 11.5 Å². The van der Waals surface area contributed by atoms with E-state index in [0.717, 1.165) is 5.56 Å². The molecule has 0 fully saturated rings. The molecule has 24 heavy (non-hydrogen) atoms. The summed E-state index contributed by atoms with van der Waals surface area (Å²) < 4.78 is 15.9. The molecule has 1 aliphatic rings. The van der Waals surface area contributed by atoms with E-state index in [1.54, 1.807) is 18.2 Å². The summed E-state index contributed by atoms with van der Waals surface area (Å²) in [5.74, 6) is 0.906. The summed E-state index contributed by atoms with van der Waals surface area (Å²) in [4.78, 5) is 23.0. The van der Waals surface area contributed by atoms with Crippen LogP contribution in [0, 0.1) is 0 Å². The van der Waals surface area contributed by atoms with Crippen LogP contribution in [0.25, 0.3) is 6.08 Å². The summed E-state index contributed by atoms with van der Waals surface area (Å²) in [5, 5.41) is 0. The number of esters is 1. The van der Waals surface area contributed by atoms with Crippen LogP contribution in [0.3, 0.4) is 0 Å². The number of nitrogens with two attached hydrogens (primary N) is 2. The van der Waals surface area contributed by atoms with Gasteiger partial charge in [-0.1, -0.05) is 6.07 Å². The molecule has 0 aliphatic carbocycles. The van der Waals surface area contributed by atoms with Crippen LogP contribution in [0.1, 0.15) is 11.4 Å². The predicted octanol–water partition coefficient (Wildman–Crippen LogP) is 0.564. The maximum Gasteiger partial charge on any atom is 0.331 e. The van der Waals surface area contributed by atoms with Crippen molar-refractivity contribution >= 4 is 23.9 Å². The second-order valence-corrected chi connectivity index (χ2v) is 4.81. The van der Waals surface area contributed by atoms with Crippen molar-refractivity contribution in [3.05, 3.63) is 35.7 Å². The molecule has 0 spiro atoms. The fourth-order valence-electron chi connectivity index (χ4n) is 2.03. The van der Waals surface area contributed by atoms with Gasteiger partial charge in [-0.2, -0.15) is 15.0 Å². The van der Waals surface area contributed by atoms with Crippen molar-refractivity contribution in [2.75, 3.05) is 24.7 Å². The van der Waals surface area contributed by atoms with Gasteiger partial charge in [0.05, 0.1) is 0 Å². The number of carbonyl (C=O) groups excluding carboxylic acids is 1. The van der Waals surface area contributed by atoms with Crippen molar-refractivity contribution in [2.24, 2.45) is 0 Å². The second-order valence-electron chi connectivity index (χ2n) is 4.81. The van der Waals surface area contributed by atoms with E-state index in [1.165, 1.54) is 6.08 Å². The Bertz CT molecular complexity index is 773. The second kappa shape index (κ2) is 6.82. The highest BCUT2D eigenvalue weighted by Crippen LogP contribution is 2.31. The summed E-state index contributed by atoms with van der Waals surface area (Å²) in [7, 11) is 0. The third-order valence-electron chi connectivity index (χ3n) is 3.04. The van der Waals surface area contributed by atoms with Crippen LogP contribution in [-0.4, -0.2) is 34.1 Å². The zero-order valence-electron chi connectivity index (χ0n) is 12.6. The molecule has 4 N–H and O–H groups in total. The molecule has 9 heteroatoms. The molecule has 1 aromatic heterocycles. The van der Waals surface area contributed by atoms with Crippen LogP contribution in [0.5, 0.6) is 11.5 Å². The highest BCUT2D eigenvalue weighted by Gasteiger charge is 2.11. The van der Waals surface area contributed by atoms with Crippen molar-refractivity contribution in [1.29, 1.82) is 0 Å². The summed E-state index contributed by atoms with van der Waals surface area (Å²) in [6.07, 6.45) is 2.90. The monoisotopic (exact) mass is 329 g/mol. The van der Waals surface area contributed by atoms with E-state index in [1.807, 2.05) is 6.07 Å². The SMILES string of the molecule is Nc1nc(N)nc(COC(=O)/C=C/c2ccc3c(c2)OCCO3)n1. The molecule has 0 atom stereocenters. The Labute approximate surface area is 137 Å². The van der Waals surface area contributed by atoms with Crippen LogP contribution in [0.15, 0.2) is 24.3 Å². The molecule has 2 heterocycles. The number of nitrogen functional groups attached to an aromatic ring is 2. The first-order chi connectivity index (χ1) is 11.6. The molecule has 0 amide bonds. The summed E-state index contributed by atoms with van der Waals surface area (Å²) in [5.41, 5.74) is 11.7. The number of hydrogen-bond donors (Lipinski definition) is 2. The van der Waals surface area contributed by atoms with E-state index in [9.17, 15) is 4.79 Å². The first-order valence-corrected chi connectivity index (χ1v) is 7.10. The topological polar surface area (TPSA) is 135 Å². The molecule has 0 saturated carbocycles. The fourth-order valence-corrected chi connectivity index (χ4v) is 2.03. The number of anilines is 2. The molecule has 124 valence electrons. The summed E-state index contributed by atoms with van der Waals surface area (Å²) in [6, 6.07) is 5.38. The zero-order chi connectivity index (χ0) is 16.9. The van der Waals surface area contributed by atoms with Crippen molar-refractivity contribution in [3.63, 3.8) is 0 Å². The Morgan fingerprint density at radius 3 is 2.58 bits per heavy atom. The average Bonchev–Trinajstić information content (AvgIpc) is 2.57. The molecular weight excluding hydrogens is 314 g/mol. The van der Waals surface area contributed by atoms with Gasteiger partial charge in [0.2, 0.25) is 11.9 Å². The van der Waals surface area contributed by atoms with Crippen molar-refractivity contribution in [2.45, 2.75) is 6.61 Å². The Morgan fingerprint density at radius 2 is 1.83 bits per heavy atom. The molecule has 1 aromatic carbocycles. The van der Waals surface area contributed by atoms with Crippen LogP contribution < -0.4 is 20.9 Å².